The zero-order chi connectivity index (χ0) is 14.1. The van der Waals surface area contributed by atoms with Crippen LogP contribution in [0.25, 0.3) is 0 Å². The van der Waals surface area contributed by atoms with Gasteiger partial charge in [0, 0.05) is 25.2 Å². The second kappa shape index (κ2) is 8.24. The zero-order valence-electron chi connectivity index (χ0n) is 10.3. The van der Waals surface area contributed by atoms with Crippen molar-refractivity contribution in [3.8, 4) is 0 Å². The number of hydrogen-bond donors (Lipinski definition) is 2. The number of hydrogen-bond acceptors (Lipinski definition) is 5. The second-order valence-corrected chi connectivity index (χ2v) is 3.46. The molecule has 18 heavy (non-hydrogen) atoms. The van der Waals surface area contributed by atoms with E-state index in [0.717, 1.165) is 4.90 Å². The summed E-state index contributed by atoms with van der Waals surface area (Å²) in [5.74, 6) is -2.38. The van der Waals surface area contributed by atoms with Gasteiger partial charge in [0.15, 0.2) is 0 Å². The Bertz CT molecular complexity index is 338. The lowest BCUT2D eigenvalue weighted by Gasteiger charge is -2.21. The number of aliphatic carboxylic acids is 1. The molecule has 1 amide bonds. The monoisotopic (exact) mass is 259 g/mol. The molecule has 0 heterocycles. The van der Waals surface area contributed by atoms with E-state index < -0.39 is 24.1 Å². The first kappa shape index (κ1) is 16.1. The molecule has 0 bridgehead atoms. The van der Waals surface area contributed by atoms with Gasteiger partial charge in [0.25, 0.3) is 0 Å². The Morgan fingerprint density at radius 2 is 1.89 bits per heavy atom. The van der Waals surface area contributed by atoms with Crippen LogP contribution in [0.2, 0.25) is 0 Å². The minimum Gasteiger partial charge on any atom is -0.478 e. The molecular formula is C11H17NO6. The highest BCUT2D eigenvalue weighted by atomic mass is 16.6. The van der Waals surface area contributed by atoms with Crippen LogP contribution in [-0.2, 0) is 14.3 Å². The van der Waals surface area contributed by atoms with Crippen LogP contribution in [0.4, 0.5) is 4.79 Å². The van der Waals surface area contributed by atoms with Crippen LogP contribution in [0.15, 0.2) is 12.2 Å². The molecule has 7 nitrogen and oxygen atoms in total. The molecule has 0 aliphatic rings. The van der Waals surface area contributed by atoms with Crippen LogP contribution in [0.5, 0.6) is 0 Å². The van der Waals surface area contributed by atoms with E-state index in [1.807, 2.05) is 0 Å². The van der Waals surface area contributed by atoms with Crippen molar-refractivity contribution in [2.45, 2.75) is 26.4 Å². The van der Waals surface area contributed by atoms with Crippen molar-refractivity contribution in [3.63, 3.8) is 0 Å². The SMILES string of the molecule is CCC(O)CN(CC)C(=O)OC(=O)C=CC(=O)O. The van der Waals surface area contributed by atoms with Gasteiger partial charge in [-0.15, -0.1) is 0 Å². The maximum Gasteiger partial charge on any atom is 0.417 e. The van der Waals surface area contributed by atoms with Gasteiger partial charge in [-0.25, -0.2) is 14.4 Å². The van der Waals surface area contributed by atoms with E-state index in [9.17, 15) is 19.5 Å². The van der Waals surface area contributed by atoms with E-state index in [-0.39, 0.29) is 13.1 Å². The molecular weight excluding hydrogens is 242 g/mol. The fraction of sp³-hybridized carbons (Fsp3) is 0.545. The summed E-state index contributed by atoms with van der Waals surface area (Å²) in [6, 6.07) is 0. The van der Waals surface area contributed by atoms with Crippen LogP contribution in [0, 0.1) is 0 Å². The van der Waals surface area contributed by atoms with E-state index in [0.29, 0.717) is 18.6 Å². The summed E-state index contributed by atoms with van der Waals surface area (Å²) in [7, 11) is 0. The van der Waals surface area contributed by atoms with Crippen LogP contribution in [-0.4, -0.2) is 52.3 Å². The summed E-state index contributed by atoms with van der Waals surface area (Å²) in [5.41, 5.74) is 0. The zero-order valence-corrected chi connectivity index (χ0v) is 10.3. The predicted octanol–water partition coefficient (Wildman–Crippen LogP) is 0.383. The molecule has 0 saturated carbocycles. The van der Waals surface area contributed by atoms with Crippen molar-refractivity contribution in [1.29, 1.82) is 0 Å². The number of carbonyl (C=O) groups is 3. The largest absolute Gasteiger partial charge is 0.478 e. The van der Waals surface area contributed by atoms with E-state index >= 15 is 0 Å². The average molecular weight is 259 g/mol. The normalized spacial score (nSPS) is 12.2. The third-order valence-corrected chi connectivity index (χ3v) is 2.09. The Kier molecular flexibility index (Phi) is 7.37. The highest BCUT2D eigenvalue weighted by molar-refractivity contribution is 5.95. The summed E-state index contributed by atoms with van der Waals surface area (Å²) in [5, 5.41) is 17.7. The number of ether oxygens (including phenoxy) is 1. The van der Waals surface area contributed by atoms with Gasteiger partial charge in [-0.3, -0.25) is 0 Å². The molecule has 7 heteroatoms. The molecule has 1 atom stereocenters. The van der Waals surface area contributed by atoms with Crippen molar-refractivity contribution in [2.24, 2.45) is 0 Å². The number of nitrogens with zero attached hydrogens (tertiary/aromatic N) is 1. The highest BCUT2D eigenvalue weighted by Crippen LogP contribution is 2.00. The minimum atomic E-state index is -1.31. The first-order valence-electron chi connectivity index (χ1n) is 5.50. The standard InChI is InChI=1S/C11H17NO6/c1-3-8(13)7-12(4-2)11(17)18-10(16)6-5-9(14)15/h5-6,8,13H,3-4,7H2,1-2H3,(H,14,15). The molecule has 0 aliphatic heterocycles. The lowest BCUT2D eigenvalue weighted by Crippen LogP contribution is -2.38. The van der Waals surface area contributed by atoms with Crippen molar-refractivity contribution in [1.82, 2.24) is 4.90 Å². The topological polar surface area (TPSA) is 104 Å². The molecule has 0 radical (unpaired) electrons. The summed E-state index contributed by atoms with van der Waals surface area (Å²) < 4.78 is 4.39. The maximum atomic E-state index is 11.5. The number of carboxylic acids is 1. The van der Waals surface area contributed by atoms with Gasteiger partial charge in [0.1, 0.15) is 0 Å². The van der Waals surface area contributed by atoms with Gasteiger partial charge >= 0.3 is 18.0 Å². The second-order valence-electron chi connectivity index (χ2n) is 3.46. The fourth-order valence-electron chi connectivity index (χ4n) is 1.04. The molecule has 0 aromatic rings. The lowest BCUT2D eigenvalue weighted by atomic mass is 10.2. The lowest BCUT2D eigenvalue weighted by molar-refractivity contribution is -0.135. The molecule has 0 aromatic heterocycles. The van der Waals surface area contributed by atoms with Crippen molar-refractivity contribution < 1.29 is 29.3 Å². The smallest absolute Gasteiger partial charge is 0.417 e. The van der Waals surface area contributed by atoms with Gasteiger partial charge in [0.2, 0.25) is 0 Å². The summed E-state index contributed by atoms with van der Waals surface area (Å²) in [6.07, 6.45) is 0.0838. The van der Waals surface area contributed by atoms with Gasteiger partial charge in [-0.2, -0.15) is 0 Å². The molecule has 102 valence electrons. The fourth-order valence-corrected chi connectivity index (χ4v) is 1.04. The summed E-state index contributed by atoms with van der Waals surface area (Å²) in [4.78, 5) is 33.8. The highest BCUT2D eigenvalue weighted by Gasteiger charge is 2.18. The van der Waals surface area contributed by atoms with Gasteiger partial charge in [0.05, 0.1) is 6.10 Å². The van der Waals surface area contributed by atoms with E-state index in [1.54, 1.807) is 13.8 Å². The maximum absolute atomic E-state index is 11.5. The summed E-state index contributed by atoms with van der Waals surface area (Å²) >= 11 is 0. The number of likely N-dealkylation sites (N-methyl/N-ethyl adjacent to an activating group) is 1. The molecule has 0 fully saturated rings. The number of carboxylic acid groups (broad SMARTS) is 1. The molecule has 0 rings (SSSR count). The number of carbonyl (C=O) groups excluding carboxylic acids is 2. The molecule has 2 N–H and O–H groups in total. The van der Waals surface area contributed by atoms with Crippen LogP contribution in [0.3, 0.4) is 0 Å². The Labute approximate surface area is 105 Å². The average Bonchev–Trinajstić information content (AvgIpc) is 2.32. The number of amides is 1. The molecule has 0 aromatic carbocycles. The van der Waals surface area contributed by atoms with Crippen LogP contribution in [0.1, 0.15) is 20.3 Å². The van der Waals surface area contributed by atoms with E-state index in [1.165, 1.54) is 0 Å². The first-order chi connectivity index (χ1) is 8.40. The van der Waals surface area contributed by atoms with Gasteiger partial charge in [-0.1, -0.05) is 6.92 Å². The van der Waals surface area contributed by atoms with E-state index in [4.69, 9.17) is 5.11 Å². The van der Waals surface area contributed by atoms with Crippen molar-refractivity contribution >= 4 is 18.0 Å². The van der Waals surface area contributed by atoms with E-state index in [2.05, 4.69) is 4.74 Å². The van der Waals surface area contributed by atoms with Crippen LogP contribution >= 0.6 is 0 Å². The van der Waals surface area contributed by atoms with Crippen molar-refractivity contribution in [3.05, 3.63) is 12.2 Å². The Balaban J connectivity index is 4.35. The number of rotatable bonds is 6. The molecule has 0 aliphatic carbocycles. The van der Waals surface area contributed by atoms with Crippen molar-refractivity contribution in [2.75, 3.05) is 13.1 Å². The third-order valence-electron chi connectivity index (χ3n) is 2.09. The van der Waals surface area contributed by atoms with Gasteiger partial charge in [-0.05, 0) is 13.3 Å². The number of aliphatic hydroxyl groups excluding tert-OH is 1. The number of esters is 1. The Morgan fingerprint density at radius 3 is 2.33 bits per heavy atom. The quantitative estimate of drug-likeness (QED) is 0.406. The molecule has 0 spiro atoms. The molecule has 0 saturated heterocycles. The predicted molar refractivity (Wildman–Crippen MR) is 61.8 cm³/mol. The molecule has 1 unspecified atom stereocenters. The Hall–Kier alpha value is -1.89. The number of aliphatic hydroxyl groups is 1. The van der Waals surface area contributed by atoms with Crippen LogP contribution < -0.4 is 0 Å². The third kappa shape index (κ3) is 6.64. The Morgan fingerprint density at radius 1 is 1.28 bits per heavy atom. The minimum absolute atomic E-state index is 0.0573. The first-order valence-corrected chi connectivity index (χ1v) is 5.50. The van der Waals surface area contributed by atoms with Gasteiger partial charge < -0.3 is 19.8 Å². The summed E-state index contributed by atoms with van der Waals surface area (Å²) in [6.45, 7) is 3.75.